The number of fused-ring (bicyclic) bond motifs is 1. The summed E-state index contributed by atoms with van der Waals surface area (Å²) in [7, 11) is 1.70. The van der Waals surface area contributed by atoms with Crippen LogP contribution >= 0.6 is 0 Å². The quantitative estimate of drug-likeness (QED) is 0.749. The summed E-state index contributed by atoms with van der Waals surface area (Å²) in [5.41, 5.74) is 1.86. The highest BCUT2D eigenvalue weighted by Gasteiger charge is 2.30. The first kappa shape index (κ1) is 20.6. The van der Waals surface area contributed by atoms with Crippen LogP contribution in [0, 0.1) is 12.7 Å². The first-order valence-electron chi connectivity index (χ1n) is 10.8. The molecule has 2 heterocycles. The van der Waals surface area contributed by atoms with E-state index in [9.17, 15) is 9.18 Å². The number of methoxy groups -OCH3 is 1. The summed E-state index contributed by atoms with van der Waals surface area (Å²) >= 11 is 0. The lowest BCUT2D eigenvalue weighted by Crippen LogP contribution is -2.45. The SMILES string of the molecule is COCCOC1CCC(N2CCC(n3c(=O)[nH]c4cc(F)c(C)cc43)CC2)CC1. The molecule has 6 nitrogen and oxygen atoms in total. The molecule has 0 spiro atoms. The monoisotopic (exact) mass is 405 g/mol. The molecule has 1 saturated heterocycles. The van der Waals surface area contributed by atoms with Gasteiger partial charge in [0.2, 0.25) is 0 Å². The van der Waals surface area contributed by atoms with E-state index in [1.165, 1.54) is 18.9 Å². The fourth-order valence-electron chi connectivity index (χ4n) is 5.00. The van der Waals surface area contributed by atoms with Crippen LogP contribution in [0.3, 0.4) is 0 Å². The lowest BCUT2D eigenvalue weighted by Gasteiger charge is -2.41. The van der Waals surface area contributed by atoms with Crippen LogP contribution in [0.25, 0.3) is 11.0 Å². The number of likely N-dealkylation sites (tertiary alicyclic amines) is 1. The number of aryl methyl sites for hydroxylation is 1. The van der Waals surface area contributed by atoms with Crippen molar-refractivity contribution in [1.82, 2.24) is 14.5 Å². The van der Waals surface area contributed by atoms with E-state index < -0.39 is 0 Å². The molecule has 1 aliphatic heterocycles. The Morgan fingerprint density at radius 2 is 1.79 bits per heavy atom. The standard InChI is InChI=1S/C22H32FN3O3/c1-15-13-21-20(14-19(15)23)24-22(27)26(21)17-7-9-25(10-8-17)16-3-5-18(6-4-16)29-12-11-28-2/h13-14,16-18H,3-12H2,1-2H3,(H,24,27). The zero-order chi connectivity index (χ0) is 20.4. The molecule has 0 unspecified atom stereocenters. The number of hydrogen-bond acceptors (Lipinski definition) is 4. The van der Waals surface area contributed by atoms with Crippen LogP contribution in [0.4, 0.5) is 4.39 Å². The van der Waals surface area contributed by atoms with Crippen molar-refractivity contribution in [3.05, 3.63) is 34.0 Å². The molecule has 1 aromatic heterocycles. The average Bonchev–Trinajstić information content (AvgIpc) is 3.04. The summed E-state index contributed by atoms with van der Waals surface area (Å²) in [6.07, 6.45) is 6.84. The zero-order valence-corrected chi connectivity index (χ0v) is 17.5. The molecule has 0 radical (unpaired) electrons. The molecule has 0 bridgehead atoms. The van der Waals surface area contributed by atoms with E-state index in [1.807, 2.05) is 4.57 Å². The molecule has 4 rings (SSSR count). The van der Waals surface area contributed by atoms with Crippen LogP contribution in [-0.4, -0.2) is 60.0 Å². The summed E-state index contributed by atoms with van der Waals surface area (Å²) in [6, 6.07) is 4.02. The Morgan fingerprint density at radius 3 is 2.48 bits per heavy atom. The van der Waals surface area contributed by atoms with Crippen molar-refractivity contribution in [2.24, 2.45) is 0 Å². The maximum Gasteiger partial charge on any atom is 0.326 e. The highest BCUT2D eigenvalue weighted by atomic mass is 19.1. The smallest absolute Gasteiger partial charge is 0.326 e. The van der Waals surface area contributed by atoms with Gasteiger partial charge in [0.05, 0.1) is 30.4 Å². The van der Waals surface area contributed by atoms with E-state index in [-0.39, 0.29) is 17.5 Å². The second kappa shape index (κ2) is 8.98. The summed E-state index contributed by atoms with van der Waals surface area (Å²) in [6.45, 7) is 5.09. The fraction of sp³-hybridized carbons (Fsp3) is 0.682. The van der Waals surface area contributed by atoms with Gasteiger partial charge in [-0.1, -0.05) is 0 Å². The fourth-order valence-corrected chi connectivity index (χ4v) is 5.00. The van der Waals surface area contributed by atoms with E-state index in [1.54, 1.807) is 20.1 Å². The molecule has 0 atom stereocenters. The van der Waals surface area contributed by atoms with Crippen molar-refractivity contribution in [2.45, 2.75) is 63.6 Å². The summed E-state index contributed by atoms with van der Waals surface area (Å²) in [4.78, 5) is 18.0. The predicted octanol–water partition coefficient (Wildman–Crippen LogP) is 3.39. The van der Waals surface area contributed by atoms with Crippen molar-refractivity contribution in [2.75, 3.05) is 33.4 Å². The number of aromatic amines is 1. The third-order valence-corrected chi connectivity index (χ3v) is 6.66. The van der Waals surface area contributed by atoms with Crippen LogP contribution in [0.1, 0.15) is 50.1 Å². The number of hydrogen-bond donors (Lipinski definition) is 1. The van der Waals surface area contributed by atoms with Crippen LogP contribution in [0.5, 0.6) is 0 Å². The second-order valence-electron chi connectivity index (χ2n) is 8.48. The van der Waals surface area contributed by atoms with E-state index >= 15 is 0 Å². The Labute approximate surface area is 171 Å². The summed E-state index contributed by atoms with van der Waals surface area (Å²) < 4.78 is 26.6. The maximum atomic E-state index is 13.9. The van der Waals surface area contributed by atoms with Crippen molar-refractivity contribution >= 4 is 11.0 Å². The van der Waals surface area contributed by atoms with Crippen molar-refractivity contribution in [3.8, 4) is 0 Å². The third-order valence-electron chi connectivity index (χ3n) is 6.66. The molecule has 29 heavy (non-hydrogen) atoms. The molecule has 160 valence electrons. The average molecular weight is 406 g/mol. The molecule has 1 N–H and O–H groups in total. The Balaban J connectivity index is 1.35. The number of nitrogens with zero attached hydrogens (tertiary/aromatic N) is 2. The van der Waals surface area contributed by atoms with Crippen molar-refractivity contribution in [3.63, 3.8) is 0 Å². The van der Waals surface area contributed by atoms with Gasteiger partial charge in [-0.2, -0.15) is 0 Å². The van der Waals surface area contributed by atoms with E-state index in [4.69, 9.17) is 9.47 Å². The number of ether oxygens (including phenoxy) is 2. The minimum absolute atomic E-state index is 0.128. The van der Waals surface area contributed by atoms with Crippen LogP contribution < -0.4 is 5.69 Å². The summed E-state index contributed by atoms with van der Waals surface area (Å²) in [5.74, 6) is -0.275. The second-order valence-corrected chi connectivity index (χ2v) is 8.48. The topological polar surface area (TPSA) is 59.5 Å². The molecule has 1 aliphatic carbocycles. The predicted molar refractivity (Wildman–Crippen MR) is 111 cm³/mol. The van der Waals surface area contributed by atoms with E-state index in [2.05, 4.69) is 9.88 Å². The van der Waals surface area contributed by atoms with Gasteiger partial charge in [0.25, 0.3) is 0 Å². The molecule has 2 aromatic rings. The van der Waals surface area contributed by atoms with Gasteiger partial charge in [0, 0.05) is 32.3 Å². The van der Waals surface area contributed by atoms with Gasteiger partial charge in [0.1, 0.15) is 5.82 Å². The van der Waals surface area contributed by atoms with Gasteiger partial charge >= 0.3 is 5.69 Å². The normalized spacial score (nSPS) is 24.4. The Bertz CT molecular complexity index is 877. The molecule has 7 heteroatoms. The van der Waals surface area contributed by atoms with Crippen molar-refractivity contribution < 1.29 is 13.9 Å². The maximum absolute atomic E-state index is 13.9. The number of nitrogens with one attached hydrogen (secondary N) is 1. The van der Waals surface area contributed by atoms with Gasteiger partial charge in [-0.3, -0.25) is 4.57 Å². The van der Waals surface area contributed by atoms with Gasteiger partial charge in [-0.15, -0.1) is 0 Å². The lowest BCUT2D eigenvalue weighted by atomic mass is 9.90. The van der Waals surface area contributed by atoms with Gasteiger partial charge < -0.3 is 19.4 Å². The van der Waals surface area contributed by atoms with Gasteiger partial charge in [-0.25, -0.2) is 9.18 Å². The molecular formula is C22H32FN3O3. The van der Waals surface area contributed by atoms with E-state index in [0.29, 0.717) is 36.4 Å². The largest absolute Gasteiger partial charge is 0.382 e. The Kier molecular flexibility index (Phi) is 6.37. The molecular weight excluding hydrogens is 373 g/mol. The molecule has 2 aliphatic rings. The summed E-state index contributed by atoms with van der Waals surface area (Å²) in [5, 5.41) is 0. The number of rotatable bonds is 6. The van der Waals surface area contributed by atoms with Crippen molar-refractivity contribution in [1.29, 1.82) is 0 Å². The number of aromatic nitrogens is 2. The van der Waals surface area contributed by atoms with Gasteiger partial charge in [-0.05, 0) is 63.1 Å². The number of benzene rings is 1. The molecule has 1 aromatic carbocycles. The lowest BCUT2D eigenvalue weighted by molar-refractivity contribution is -0.0173. The van der Waals surface area contributed by atoms with Crippen LogP contribution in [0.15, 0.2) is 16.9 Å². The van der Waals surface area contributed by atoms with Gasteiger partial charge in [0.15, 0.2) is 0 Å². The number of H-pyrrole nitrogens is 1. The minimum atomic E-state index is -0.275. The first-order valence-corrected chi connectivity index (χ1v) is 10.8. The minimum Gasteiger partial charge on any atom is -0.382 e. The molecule has 2 fully saturated rings. The zero-order valence-electron chi connectivity index (χ0n) is 17.5. The third kappa shape index (κ3) is 4.42. The molecule has 0 amide bonds. The molecule has 1 saturated carbocycles. The highest BCUT2D eigenvalue weighted by Crippen LogP contribution is 2.31. The Morgan fingerprint density at radius 1 is 1.07 bits per heavy atom. The highest BCUT2D eigenvalue weighted by molar-refractivity contribution is 5.76. The number of halogens is 1. The number of imidazole rings is 1. The van der Waals surface area contributed by atoms with Crippen LogP contribution in [-0.2, 0) is 9.47 Å². The van der Waals surface area contributed by atoms with E-state index in [0.717, 1.165) is 44.3 Å². The number of piperidine rings is 1. The Hall–Kier alpha value is -1.70. The van der Waals surface area contributed by atoms with Crippen LogP contribution in [0.2, 0.25) is 0 Å². The first-order chi connectivity index (χ1) is 14.1.